The number of rotatable bonds is 12. The molecule has 162 valence electrons. The van der Waals surface area contributed by atoms with Crippen LogP contribution in [0.5, 0.6) is 0 Å². The van der Waals surface area contributed by atoms with E-state index in [0.717, 1.165) is 6.07 Å². The third kappa shape index (κ3) is 5.08. The summed E-state index contributed by atoms with van der Waals surface area (Å²) < 4.78 is 114. The molecule has 9 heteroatoms. The highest BCUT2D eigenvalue weighted by Gasteiger charge is 2.73. The van der Waals surface area contributed by atoms with Crippen LogP contribution in [-0.2, 0) is 0 Å². The lowest BCUT2D eigenvalue weighted by Crippen LogP contribution is -2.63. The Morgan fingerprint density at radius 3 is 2.00 bits per heavy atom. The molecule has 0 amide bonds. The minimum Gasteiger partial charge on any atom is -0.305 e. The van der Waals surface area contributed by atoms with E-state index in [-0.39, 0.29) is 25.7 Å². The largest absolute Gasteiger partial charge is 0.395 e. The fourth-order valence-electron chi connectivity index (χ4n) is 2.75. The molecule has 0 spiro atoms. The number of halogens is 8. The van der Waals surface area contributed by atoms with Gasteiger partial charge < -0.3 is 4.90 Å². The molecule has 0 aromatic heterocycles. The van der Waals surface area contributed by atoms with Gasteiger partial charge in [-0.15, -0.1) is 0 Å². The van der Waals surface area contributed by atoms with Crippen molar-refractivity contribution in [3.63, 3.8) is 0 Å². The first-order chi connectivity index (χ1) is 12.9. The third-order valence-corrected chi connectivity index (χ3v) is 4.48. The van der Waals surface area contributed by atoms with Gasteiger partial charge in [-0.25, -0.2) is 8.78 Å². The lowest BCUT2D eigenvalue weighted by atomic mass is 10.0. The number of hydrogen-bond donors (Lipinski definition) is 0. The second kappa shape index (κ2) is 9.78. The highest BCUT2D eigenvalue weighted by molar-refractivity contribution is 5.50. The van der Waals surface area contributed by atoms with Crippen LogP contribution in [0, 0.1) is 11.6 Å². The predicted octanol–water partition coefficient (Wildman–Crippen LogP) is 7.41. The van der Waals surface area contributed by atoms with Crippen molar-refractivity contribution in [3.8, 4) is 0 Å². The van der Waals surface area contributed by atoms with Crippen molar-refractivity contribution in [2.24, 2.45) is 0 Å². The van der Waals surface area contributed by atoms with Crippen molar-refractivity contribution in [3.05, 3.63) is 29.8 Å². The standard InChI is InChI=1S/C19H25F8N/c1-3-5-7-8-12-17(22,23)18(24,25)19(26,27)28(13-6-4-2)15-11-9-10-14(20)16(15)21/h9-11H,3-8,12-13H2,1-2H3. The van der Waals surface area contributed by atoms with E-state index in [1.54, 1.807) is 13.8 Å². The number of hydrogen-bond acceptors (Lipinski definition) is 1. The van der Waals surface area contributed by atoms with Crippen molar-refractivity contribution in [1.29, 1.82) is 0 Å². The highest BCUT2D eigenvalue weighted by atomic mass is 19.3. The fourth-order valence-corrected chi connectivity index (χ4v) is 2.75. The summed E-state index contributed by atoms with van der Waals surface area (Å²) in [6.45, 7) is 2.49. The molecule has 0 atom stereocenters. The molecule has 0 fully saturated rings. The van der Waals surface area contributed by atoms with Crippen molar-refractivity contribution in [2.75, 3.05) is 11.4 Å². The molecule has 1 aromatic rings. The molecule has 0 heterocycles. The SMILES string of the molecule is CCCCCCC(F)(F)C(F)(F)C(F)(F)N(CCCC)c1cccc(F)c1F. The Balaban J connectivity index is 3.27. The normalized spacial score (nSPS) is 13.1. The zero-order valence-corrected chi connectivity index (χ0v) is 15.9. The topological polar surface area (TPSA) is 3.24 Å². The van der Waals surface area contributed by atoms with Crippen LogP contribution in [0.4, 0.5) is 40.8 Å². The average Bonchev–Trinajstić information content (AvgIpc) is 2.62. The summed E-state index contributed by atoms with van der Waals surface area (Å²) in [4.78, 5) is -0.450. The monoisotopic (exact) mass is 419 g/mol. The van der Waals surface area contributed by atoms with Gasteiger partial charge in [-0.05, 0) is 25.0 Å². The average molecular weight is 419 g/mol. The van der Waals surface area contributed by atoms with Gasteiger partial charge in [-0.1, -0.05) is 45.6 Å². The van der Waals surface area contributed by atoms with Crippen molar-refractivity contribution < 1.29 is 35.1 Å². The summed E-state index contributed by atoms with van der Waals surface area (Å²) in [5.41, 5.74) is -1.18. The van der Waals surface area contributed by atoms with Gasteiger partial charge in [-0.2, -0.15) is 26.3 Å². The number of anilines is 1. The second-order valence-corrected chi connectivity index (χ2v) is 6.71. The summed E-state index contributed by atoms with van der Waals surface area (Å²) in [6.07, 6.45) is -0.270. The van der Waals surface area contributed by atoms with Gasteiger partial charge >= 0.3 is 17.9 Å². The first kappa shape index (κ1) is 24.5. The lowest BCUT2D eigenvalue weighted by molar-refractivity contribution is -0.310. The molecule has 1 nitrogen and oxygen atoms in total. The van der Waals surface area contributed by atoms with Crippen LogP contribution >= 0.6 is 0 Å². The Hall–Kier alpha value is -1.54. The maximum atomic E-state index is 14.7. The quantitative estimate of drug-likeness (QED) is 0.194. The van der Waals surface area contributed by atoms with E-state index in [1.807, 2.05) is 0 Å². The van der Waals surface area contributed by atoms with E-state index >= 15 is 0 Å². The van der Waals surface area contributed by atoms with Crippen LogP contribution in [-0.4, -0.2) is 24.4 Å². The Morgan fingerprint density at radius 2 is 1.43 bits per heavy atom. The fraction of sp³-hybridized carbons (Fsp3) is 0.684. The Morgan fingerprint density at radius 1 is 0.821 bits per heavy atom. The van der Waals surface area contributed by atoms with E-state index in [4.69, 9.17) is 0 Å². The van der Waals surface area contributed by atoms with E-state index in [1.165, 1.54) is 0 Å². The number of nitrogens with zero attached hydrogens (tertiary/aromatic N) is 1. The van der Waals surface area contributed by atoms with Gasteiger partial charge in [0.05, 0.1) is 5.69 Å². The minimum atomic E-state index is -5.78. The second-order valence-electron chi connectivity index (χ2n) is 6.71. The lowest BCUT2D eigenvalue weighted by Gasteiger charge is -2.40. The molecule has 0 saturated heterocycles. The smallest absolute Gasteiger partial charge is 0.305 e. The first-order valence-corrected chi connectivity index (χ1v) is 9.29. The Labute approximate surface area is 159 Å². The molecule has 0 bridgehead atoms. The number of unbranched alkanes of at least 4 members (excludes halogenated alkanes) is 4. The molecule has 0 unspecified atom stereocenters. The van der Waals surface area contributed by atoms with Crippen LogP contribution in [0.1, 0.15) is 58.8 Å². The molecule has 0 saturated carbocycles. The Bertz CT molecular complexity index is 618. The van der Waals surface area contributed by atoms with E-state index < -0.39 is 53.1 Å². The summed E-state index contributed by atoms with van der Waals surface area (Å²) in [5.74, 6) is -14.1. The zero-order valence-electron chi connectivity index (χ0n) is 15.9. The van der Waals surface area contributed by atoms with Crippen LogP contribution in [0.15, 0.2) is 18.2 Å². The van der Waals surface area contributed by atoms with Gasteiger partial charge in [0.15, 0.2) is 11.6 Å². The van der Waals surface area contributed by atoms with Gasteiger partial charge in [0.2, 0.25) is 0 Å². The minimum absolute atomic E-state index is 0.107. The van der Waals surface area contributed by atoms with Crippen LogP contribution in [0.3, 0.4) is 0 Å². The van der Waals surface area contributed by atoms with Crippen molar-refractivity contribution in [2.45, 2.75) is 76.7 Å². The van der Waals surface area contributed by atoms with Crippen molar-refractivity contribution >= 4 is 5.69 Å². The molecule has 0 N–H and O–H groups in total. The molecule has 28 heavy (non-hydrogen) atoms. The van der Waals surface area contributed by atoms with Gasteiger partial charge in [0, 0.05) is 13.0 Å². The number of benzene rings is 1. The summed E-state index contributed by atoms with van der Waals surface area (Å²) in [7, 11) is 0. The first-order valence-electron chi connectivity index (χ1n) is 9.29. The molecule has 0 radical (unpaired) electrons. The third-order valence-electron chi connectivity index (χ3n) is 4.48. The number of alkyl halides is 6. The van der Waals surface area contributed by atoms with Crippen molar-refractivity contribution in [1.82, 2.24) is 0 Å². The zero-order chi connectivity index (χ0) is 21.6. The summed E-state index contributed by atoms with van der Waals surface area (Å²) in [6, 6.07) is -3.29. The molecule has 0 aliphatic carbocycles. The molecular formula is C19H25F8N. The predicted molar refractivity (Wildman–Crippen MR) is 92.2 cm³/mol. The van der Waals surface area contributed by atoms with Crippen LogP contribution in [0.25, 0.3) is 0 Å². The molecule has 0 aliphatic heterocycles. The van der Waals surface area contributed by atoms with E-state index in [0.29, 0.717) is 25.0 Å². The maximum absolute atomic E-state index is 14.7. The van der Waals surface area contributed by atoms with E-state index in [9.17, 15) is 35.1 Å². The molecule has 0 aliphatic rings. The highest BCUT2D eigenvalue weighted by Crippen LogP contribution is 2.51. The van der Waals surface area contributed by atoms with Crippen LogP contribution < -0.4 is 4.90 Å². The molecule has 1 rings (SSSR count). The summed E-state index contributed by atoms with van der Waals surface area (Å²) >= 11 is 0. The van der Waals surface area contributed by atoms with E-state index in [2.05, 4.69) is 0 Å². The molecular weight excluding hydrogens is 394 g/mol. The van der Waals surface area contributed by atoms with Gasteiger partial charge in [0.25, 0.3) is 0 Å². The Kier molecular flexibility index (Phi) is 8.56. The van der Waals surface area contributed by atoms with Gasteiger partial charge in [-0.3, -0.25) is 0 Å². The molecule has 1 aromatic carbocycles. The van der Waals surface area contributed by atoms with Gasteiger partial charge in [0.1, 0.15) is 0 Å². The maximum Gasteiger partial charge on any atom is 0.395 e. The van der Waals surface area contributed by atoms with Crippen LogP contribution in [0.2, 0.25) is 0 Å². The summed E-state index contributed by atoms with van der Waals surface area (Å²) in [5, 5.41) is 0.